The van der Waals surface area contributed by atoms with E-state index in [0.29, 0.717) is 30.0 Å². The number of piperidine rings is 1. The third kappa shape index (κ3) is 3.28. The number of rotatable bonds is 3. The topological polar surface area (TPSA) is 47.4 Å². The van der Waals surface area contributed by atoms with E-state index in [1.807, 2.05) is 0 Å². The molecule has 0 N–H and O–H groups in total. The number of pyridine rings is 1. The molecule has 1 saturated heterocycles. The van der Waals surface area contributed by atoms with E-state index >= 15 is 0 Å². The Kier molecular flexibility index (Phi) is 4.71. The highest BCUT2D eigenvalue weighted by Gasteiger charge is 2.39. The third-order valence-corrected chi connectivity index (χ3v) is 6.94. The Labute approximate surface area is 178 Å². The fourth-order valence-electron chi connectivity index (χ4n) is 5.25. The van der Waals surface area contributed by atoms with Crippen molar-refractivity contribution in [3.8, 4) is 0 Å². The van der Waals surface area contributed by atoms with Crippen molar-refractivity contribution in [2.75, 3.05) is 20.2 Å². The number of nitrogens with zero attached hydrogens (tertiary/aromatic N) is 3. The molecule has 150 valence electrons. The van der Waals surface area contributed by atoms with Crippen molar-refractivity contribution in [2.24, 2.45) is 13.0 Å². The second-order valence-corrected chi connectivity index (χ2v) is 9.33. The van der Waals surface area contributed by atoms with Gasteiger partial charge < -0.3 is 14.2 Å². The van der Waals surface area contributed by atoms with Gasteiger partial charge in [-0.2, -0.15) is 0 Å². The summed E-state index contributed by atoms with van der Waals surface area (Å²) in [6, 6.07) is 8.93. The standard InChI is InChI=1S/C23H24BrN3O2/c1-26-11-14(13-29-23(28)15-7-17(24)10-25-9-15)6-19-18-4-3-5-20-22(18)16(8-21(19)26)12-27(20)2/h3-5,7,9-10,12,14,19,21H,6,8,11,13H2,1-2H3/t14-,19-,21-/m1/s1. The average molecular weight is 454 g/mol. The van der Waals surface area contributed by atoms with E-state index in [4.69, 9.17) is 4.74 Å². The van der Waals surface area contributed by atoms with Crippen molar-refractivity contribution in [3.63, 3.8) is 0 Å². The summed E-state index contributed by atoms with van der Waals surface area (Å²) in [6.45, 7) is 1.39. The van der Waals surface area contributed by atoms with E-state index in [9.17, 15) is 4.79 Å². The summed E-state index contributed by atoms with van der Waals surface area (Å²) in [7, 11) is 4.34. The van der Waals surface area contributed by atoms with Crippen molar-refractivity contribution < 1.29 is 9.53 Å². The predicted octanol–water partition coefficient (Wildman–Crippen LogP) is 4.15. The maximum Gasteiger partial charge on any atom is 0.339 e. The number of aryl methyl sites for hydroxylation is 1. The molecule has 29 heavy (non-hydrogen) atoms. The van der Waals surface area contributed by atoms with Crippen LogP contribution in [0.25, 0.3) is 10.9 Å². The zero-order valence-corrected chi connectivity index (χ0v) is 18.2. The van der Waals surface area contributed by atoms with Gasteiger partial charge in [-0.1, -0.05) is 12.1 Å². The molecule has 5 nitrogen and oxygen atoms in total. The number of carbonyl (C=O) groups is 1. The molecule has 6 heteroatoms. The Morgan fingerprint density at radius 2 is 2.17 bits per heavy atom. The number of hydrogen-bond acceptors (Lipinski definition) is 4. The van der Waals surface area contributed by atoms with E-state index in [2.05, 4.69) is 68.9 Å². The van der Waals surface area contributed by atoms with Crippen LogP contribution in [-0.2, 0) is 18.2 Å². The molecule has 3 heterocycles. The molecule has 0 unspecified atom stereocenters. The summed E-state index contributed by atoms with van der Waals surface area (Å²) in [5.41, 5.74) is 4.71. The van der Waals surface area contributed by atoms with Gasteiger partial charge in [-0.3, -0.25) is 4.98 Å². The second kappa shape index (κ2) is 7.26. The van der Waals surface area contributed by atoms with Crippen LogP contribution >= 0.6 is 15.9 Å². The Morgan fingerprint density at radius 1 is 1.31 bits per heavy atom. The van der Waals surface area contributed by atoms with Crippen LogP contribution < -0.4 is 0 Å². The Hall–Kier alpha value is -2.18. The van der Waals surface area contributed by atoms with Crippen LogP contribution in [-0.4, -0.2) is 46.7 Å². The van der Waals surface area contributed by atoms with E-state index in [1.165, 1.54) is 22.0 Å². The molecule has 0 saturated carbocycles. The van der Waals surface area contributed by atoms with Gasteiger partial charge in [-0.15, -0.1) is 0 Å². The van der Waals surface area contributed by atoms with Crippen LogP contribution in [0, 0.1) is 5.92 Å². The smallest absolute Gasteiger partial charge is 0.339 e. The van der Waals surface area contributed by atoms with Crippen LogP contribution in [0.1, 0.15) is 33.8 Å². The van der Waals surface area contributed by atoms with Gasteiger partial charge in [0.2, 0.25) is 0 Å². The normalized spacial score (nSPS) is 23.8. The molecule has 0 amide bonds. The molecule has 3 aromatic rings. The molecular weight excluding hydrogens is 430 g/mol. The SMILES string of the molecule is CN1C[C@H](COC(=O)c2cncc(Br)c2)C[C@@H]2c3cccc4c3c(cn4C)C[C@H]21. The Balaban J connectivity index is 1.36. The number of benzene rings is 1. The first kappa shape index (κ1) is 18.8. The molecule has 1 fully saturated rings. The minimum Gasteiger partial charge on any atom is -0.462 e. The van der Waals surface area contributed by atoms with Gasteiger partial charge in [0, 0.05) is 65.4 Å². The van der Waals surface area contributed by atoms with Crippen LogP contribution in [0.5, 0.6) is 0 Å². The molecule has 5 rings (SSSR count). The van der Waals surface area contributed by atoms with Crippen LogP contribution in [0.4, 0.5) is 0 Å². The number of likely N-dealkylation sites (tertiary alicyclic amines) is 1. The van der Waals surface area contributed by atoms with Crippen molar-refractivity contribution >= 4 is 32.8 Å². The van der Waals surface area contributed by atoms with Gasteiger partial charge in [-0.25, -0.2) is 4.79 Å². The van der Waals surface area contributed by atoms with E-state index in [1.54, 1.807) is 18.5 Å². The molecule has 1 aliphatic heterocycles. The predicted molar refractivity (Wildman–Crippen MR) is 116 cm³/mol. The van der Waals surface area contributed by atoms with E-state index < -0.39 is 0 Å². The Bertz CT molecular complexity index is 1090. The third-order valence-electron chi connectivity index (χ3n) is 6.51. The van der Waals surface area contributed by atoms with Gasteiger partial charge in [-0.05, 0) is 59.1 Å². The molecule has 0 bridgehead atoms. The molecule has 0 spiro atoms. The highest BCUT2D eigenvalue weighted by Crippen LogP contribution is 2.44. The van der Waals surface area contributed by atoms with E-state index in [-0.39, 0.29) is 5.97 Å². The highest BCUT2D eigenvalue weighted by atomic mass is 79.9. The van der Waals surface area contributed by atoms with Crippen LogP contribution in [0.2, 0.25) is 0 Å². The van der Waals surface area contributed by atoms with Crippen molar-refractivity contribution in [3.05, 3.63) is 64.0 Å². The summed E-state index contributed by atoms with van der Waals surface area (Å²) in [5, 5.41) is 1.43. The molecule has 2 aliphatic rings. The molecule has 1 aliphatic carbocycles. The van der Waals surface area contributed by atoms with Crippen LogP contribution in [0.15, 0.2) is 47.3 Å². The zero-order valence-electron chi connectivity index (χ0n) is 16.6. The Morgan fingerprint density at radius 3 is 3.00 bits per heavy atom. The monoisotopic (exact) mass is 453 g/mol. The van der Waals surface area contributed by atoms with Gasteiger partial charge in [0.05, 0.1) is 12.2 Å². The lowest BCUT2D eigenvalue weighted by Gasteiger charge is -2.45. The van der Waals surface area contributed by atoms with Crippen molar-refractivity contribution in [1.82, 2.24) is 14.5 Å². The minimum atomic E-state index is -0.306. The number of ether oxygens (including phenoxy) is 1. The van der Waals surface area contributed by atoms with Crippen LogP contribution in [0.3, 0.4) is 0 Å². The summed E-state index contributed by atoms with van der Waals surface area (Å²) >= 11 is 3.35. The highest BCUT2D eigenvalue weighted by molar-refractivity contribution is 9.10. The molecule has 1 aromatic carbocycles. The lowest BCUT2D eigenvalue weighted by molar-refractivity contribution is 0.0276. The van der Waals surface area contributed by atoms with Gasteiger partial charge in [0.1, 0.15) is 0 Å². The zero-order chi connectivity index (χ0) is 20.1. The fourth-order valence-corrected chi connectivity index (χ4v) is 5.62. The first-order chi connectivity index (χ1) is 14.0. The molecular formula is C23H24BrN3O2. The lowest BCUT2D eigenvalue weighted by atomic mass is 9.72. The number of esters is 1. The van der Waals surface area contributed by atoms with Crippen molar-refractivity contribution in [1.29, 1.82) is 0 Å². The maximum atomic E-state index is 12.4. The number of fused-ring (bicyclic) bond motifs is 2. The largest absolute Gasteiger partial charge is 0.462 e. The first-order valence-electron chi connectivity index (χ1n) is 10.1. The van der Waals surface area contributed by atoms with E-state index in [0.717, 1.165) is 23.9 Å². The number of aromatic nitrogens is 2. The lowest BCUT2D eigenvalue weighted by Crippen LogP contribution is -2.48. The summed E-state index contributed by atoms with van der Waals surface area (Å²) in [5.74, 6) is 0.495. The minimum absolute atomic E-state index is 0.306. The van der Waals surface area contributed by atoms with Crippen molar-refractivity contribution in [2.45, 2.75) is 24.8 Å². The molecule has 2 aromatic heterocycles. The van der Waals surface area contributed by atoms with Gasteiger partial charge in [0.25, 0.3) is 0 Å². The fraction of sp³-hybridized carbons (Fsp3) is 0.391. The number of carbonyl (C=O) groups excluding carboxylic acids is 1. The first-order valence-corrected chi connectivity index (χ1v) is 10.9. The summed E-state index contributed by atoms with van der Waals surface area (Å²) < 4.78 is 8.69. The molecule has 3 atom stereocenters. The number of halogens is 1. The summed E-state index contributed by atoms with van der Waals surface area (Å²) in [4.78, 5) is 18.9. The number of likely N-dealkylation sites (N-methyl/N-ethyl adjacent to an activating group) is 1. The molecule has 0 radical (unpaired) electrons. The summed E-state index contributed by atoms with van der Waals surface area (Å²) in [6.07, 6.45) is 7.64. The number of hydrogen-bond donors (Lipinski definition) is 0. The second-order valence-electron chi connectivity index (χ2n) is 8.42. The average Bonchev–Trinajstić information content (AvgIpc) is 3.04. The maximum absolute atomic E-state index is 12.4. The van der Waals surface area contributed by atoms with Gasteiger partial charge >= 0.3 is 5.97 Å². The quantitative estimate of drug-likeness (QED) is 0.558. The van der Waals surface area contributed by atoms with Gasteiger partial charge in [0.15, 0.2) is 0 Å².